The Balaban J connectivity index is 1.30. The lowest BCUT2D eigenvalue weighted by Crippen LogP contribution is -2.52. The Kier molecular flexibility index (Phi) is 5.66. The van der Waals surface area contributed by atoms with Crippen LogP contribution in [-0.2, 0) is 16.0 Å². The van der Waals surface area contributed by atoms with Gasteiger partial charge in [0.25, 0.3) is 0 Å². The van der Waals surface area contributed by atoms with Gasteiger partial charge >= 0.3 is 5.97 Å². The molecule has 5 heteroatoms. The molecule has 0 bridgehead atoms. The van der Waals surface area contributed by atoms with E-state index in [0.29, 0.717) is 28.9 Å². The van der Waals surface area contributed by atoms with Crippen LogP contribution in [0.3, 0.4) is 0 Å². The van der Waals surface area contributed by atoms with Crippen LogP contribution in [0.25, 0.3) is 0 Å². The van der Waals surface area contributed by atoms with Crippen LogP contribution in [-0.4, -0.2) is 31.3 Å². The van der Waals surface area contributed by atoms with Crippen LogP contribution in [0.5, 0.6) is 5.75 Å². The quantitative estimate of drug-likeness (QED) is 0.353. The van der Waals surface area contributed by atoms with Crippen molar-refractivity contribution in [3.8, 4) is 5.75 Å². The number of Topliss-reactive ketones (excluding diaryl/α,β-unsaturated/α-hetero) is 2. The number of methoxy groups -OCH3 is 1. The van der Waals surface area contributed by atoms with Crippen LogP contribution < -0.4 is 4.74 Å². The molecule has 0 spiro atoms. The van der Waals surface area contributed by atoms with Gasteiger partial charge in [-0.3, -0.25) is 14.4 Å². The van der Waals surface area contributed by atoms with Gasteiger partial charge in [-0.25, -0.2) is 0 Å². The highest BCUT2D eigenvalue weighted by Gasteiger charge is 2.63. The van der Waals surface area contributed by atoms with Gasteiger partial charge in [0, 0.05) is 35.8 Å². The molecule has 202 valence electrons. The molecule has 2 aromatic carbocycles. The predicted octanol–water partition coefficient (Wildman–Crippen LogP) is 6.21. The third kappa shape index (κ3) is 3.54. The number of allylic oxidation sites excluding steroid dienone is 1. The molecule has 0 heterocycles. The Morgan fingerprint density at radius 2 is 1.77 bits per heavy atom. The van der Waals surface area contributed by atoms with Crippen molar-refractivity contribution < 1.29 is 23.9 Å². The molecule has 0 amide bonds. The summed E-state index contributed by atoms with van der Waals surface area (Å²) in [5, 5.41) is 0. The standard InChI is InChI=1S/C34H36O5/c1-18(35)39-17-21-14-20-16-28-25-10-8-19-15-22(38-3)9-11-23(19)24(25)12-13-34(28,2)31(20)30-29(21)32(36)26-6-4-5-7-27(26)33(30)37/h4-7,9,11,14-15,21,24-25,28-31H,8,10,12-13,16-17H2,1-3H3/t21?,24?,25?,28?,29?,30?,31?,34-/m0/s1. The van der Waals surface area contributed by atoms with Gasteiger partial charge in [-0.2, -0.15) is 0 Å². The number of rotatable bonds is 3. The fraction of sp³-hybridized carbons (Fsp3) is 0.500. The number of carbonyl (C=O) groups is 3. The molecule has 2 saturated carbocycles. The summed E-state index contributed by atoms with van der Waals surface area (Å²) < 4.78 is 11.0. The number of ketones is 2. The normalized spacial score (nSPS) is 35.9. The van der Waals surface area contributed by atoms with Crippen molar-refractivity contribution >= 4 is 17.5 Å². The van der Waals surface area contributed by atoms with E-state index in [-0.39, 0.29) is 47.3 Å². The van der Waals surface area contributed by atoms with E-state index in [4.69, 9.17) is 9.47 Å². The molecule has 0 aromatic heterocycles. The highest BCUT2D eigenvalue weighted by atomic mass is 16.5. The Bertz CT molecular complexity index is 1420. The van der Waals surface area contributed by atoms with E-state index in [9.17, 15) is 14.4 Å². The molecule has 0 N–H and O–H groups in total. The average molecular weight is 525 g/mol. The third-order valence-corrected chi connectivity index (χ3v) is 11.1. The van der Waals surface area contributed by atoms with Gasteiger partial charge < -0.3 is 9.47 Å². The second-order valence-electron chi connectivity index (χ2n) is 12.7. The zero-order chi connectivity index (χ0) is 27.1. The van der Waals surface area contributed by atoms with E-state index in [1.165, 1.54) is 23.6 Å². The maximum atomic E-state index is 14.2. The van der Waals surface area contributed by atoms with E-state index >= 15 is 0 Å². The van der Waals surface area contributed by atoms with Crippen molar-refractivity contribution in [3.63, 3.8) is 0 Å². The van der Waals surface area contributed by atoms with Gasteiger partial charge in [-0.05, 0) is 84.5 Å². The highest BCUT2D eigenvalue weighted by Crippen LogP contribution is 2.68. The zero-order valence-corrected chi connectivity index (χ0v) is 22.9. The van der Waals surface area contributed by atoms with Crippen LogP contribution in [0.1, 0.15) is 77.3 Å². The Labute approximate surface area is 230 Å². The van der Waals surface area contributed by atoms with Crippen molar-refractivity contribution in [1.82, 2.24) is 0 Å². The third-order valence-electron chi connectivity index (χ3n) is 11.1. The minimum absolute atomic E-state index is 0.0314. The van der Waals surface area contributed by atoms with Crippen LogP contribution >= 0.6 is 0 Å². The fourth-order valence-electron chi connectivity index (χ4n) is 9.58. The van der Waals surface area contributed by atoms with Crippen LogP contribution in [0.2, 0.25) is 0 Å². The fourth-order valence-corrected chi connectivity index (χ4v) is 9.58. The van der Waals surface area contributed by atoms with Gasteiger partial charge in [-0.1, -0.05) is 48.9 Å². The number of hydrogen-bond acceptors (Lipinski definition) is 5. The summed E-state index contributed by atoms with van der Waals surface area (Å²) >= 11 is 0. The van der Waals surface area contributed by atoms with E-state index < -0.39 is 5.92 Å². The monoisotopic (exact) mass is 524 g/mol. The molecule has 39 heavy (non-hydrogen) atoms. The van der Waals surface area contributed by atoms with Gasteiger partial charge in [0.15, 0.2) is 11.6 Å². The number of ether oxygens (including phenoxy) is 2. The molecule has 5 aliphatic carbocycles. The first-order chi connectivity index (χ1) is 18.8. The molecule has 0 aliphatic heterocycles. The SMILES string of the molecule is COc1ccc2c(c1)CCC1C2CC[C@@]2(C)C1CC1=CC(COC(C)=O)C3C(=O)c4ccccc4C(=O)C3C12. The maximum absolute atomic E-state index is 14.2. The molecular formula is C34H36O5. The molecule has 7 unspecified atom stereocenters. The van der Waals surface area contributed by atoms with Gasteiger partial charge in [-0.15, -0.1) is 0 Å². The van der Waals surface area contributed by atoms with Crippen molar-refractivity contribution in [1.29, 1.82) is 0 Å². The smallest absolute Gasteiger partial charge is 0.302 e. The second kappa shape index (κ2) is 8.90. The summed E-state index contributed by atoms with van der Waals surface area (Å²) in [4.78, 5) is 40.0. The molecule has 2 aromatic rings. The predicted molar refractivity (Wildman–Crippen MR) is 147 cm³/mol. The zero-order valence-electron chi connectivity index (χ0n) is 22.9. The lowest BCUT2D eigenvalue weighted by atomic mass is 9.50. The van der Waals surface area contributed by atoms with Crippen molar-refractivity contribution in [3.05, 3.63) is 76.4 Å². The van der Waals surface area contributed by atoms with Crippen LogP contribution in [0.15, 0.2) is 54.1 Å². The largest absolute Gasteiger partial charge is 0.497 e. The summed E-state index contributed by atoms with van der Waals surface area (Å²) in [6.45, 7) is 3.96. The Hall–Kier alpha value is -3.21. The number of benzene rings is 2. The van der Waals surface area contributed by atoms with Gasteiger partial charge in [0.1, 0.15) is 5.75 Å². The summed E-state index contributed by atoms with van der Waals surface area (Å²) in [7, 11) is 1.73. The summed E-state index contributed by atoms with van der Waals surface area (Å²) in [5.41, 5.74) is 5.27. The molecule has 0 saturated heterocycles. The summed E-state index contributed by atoms with van der Waals surface area (Å²) in [6.07, 6.45) is 7.56. The number of esters is 1. The lowest BCUT2D eigenvalue weighted by Gasteiger charge is -2.53. The maximum Gasteiger partial charge on any atom is 0.302 e. The number of aryl methyl sites for hydroxylation is 1. The Morgan fingerprint density at radius 3 is 2.49 bits per heavy atom. The minimum Gasteiger partial charge on any atom is -0.497 e. The summed E-state index contributed by atoms with van der Waals surface area (Å²) in [6, 6.07) is 13.9. The molecule has 8 atom stereocenters. The highest BCUT2D eigenvalue weighted by molar-refractivity contribution is 6.16. The topological polar surface area (TPSA) is 69.7 Å². The van der Waals surface area contributed by atoms with E-state index in [2.05, 4.69) is 31.2 Å². The summed E-state index contributed by atoms with van der Waals surface area (Å²) in [5.74, 6) is 1.18. The van der Waals surface area contributed by atoms with E-state index in [1.807, 2.05) is 18.2 Å². The Morgan fingerprint density at radius 1 is 1.03 bits per heavy atom. The second-order valence-corrected chi connectivity index (χ2v) is 12.7. The van der Waals surface area contributed by atoms with E-state index in [0.717, 1.165) is 37.9 Å². The first-order valence-corrected chi connectivity index (χ1v) is 14.5. The lowest BCUT2D eigenvalue weighted by molar-refractivity contribution is -0.142. The number of fused-ring (bicyclic) bond motifs is 10. The van der Waals surface area contributed by atoms with Gasteiger partial charge in [0.2, 0.25) is 0 Å². The minimum atomic E-state index is -0.478. The first kappa shape index (κ1) is 24.8. The molecular weight excluding hydrogens is 488 g/mol. The van der Waals surface area contributed by atoms with E-state index in [1.54, 1.807) is 13.2 Å². The van der Waals surface area contributed by atoms with Crippen molar-refractivity contribution in [2.75, 3.05) is 13.7 Å². The van der Waals surface area contributed by atoms with Crippen molar-refractivity contribution in [2.24, 2.45) is 40.9 Å². The molecule has 2 fully saturated rings. The van der Waals surface area contributed by atoms with Gasteiger partial charge in [0.05, 0.1) is 13.7 Å². The molecule has 7 rings (SSSR count). The molecule has 5 nitrogen and oxygen atoms in total. The van der Waals surface area contributed by atoms with Crippen LogP contribution in [0.4, 0.5) is 0 Å². The van der Waals surface area contributed by atoms with Crippen LogP contribution in [0, 0.1) is 40.9 Å². The average Bonchev–Trinajstić information content (AvgIpc) is 3.25. The number of carbonyl (C=O) groups excluding carboxylic acids is 3. The number of hydrogen-bond donors (Lipinski definition) is 0. The first-order valence-electron chi connectivity index (χ1n) is 14.5. The van der Waals surface area contributed by atoms with Crippen molar-refractivity contribution in [2.45, 2.75) is 51.9 Å². The molecule has 0 radical (unpaired) electrons. The molecule has 5 aliphatic rings.